The molecule has 7 nitrogen and oxygen atoms in total. The summed E-state index contributed by atoms with van der Waals surface area (Å²) in [6.07, 6.45) is 1.26. The fourth-order valence-corrected chi connectivity index (χ4v) is 2.69. The topological polar surface area (TPSA) is 93.0 Å². The number of rotatable bonds is 4. The van der Waals surface area contributed by atoms with Gasteiger partial charge in [0, 0.05) is 16.0 Å². The van der Waals surface area contributed by atoms with E-state index in [4.69, 9.17) is 0 Å². The Balaban J connectivity index is 2.45. The summed E-state index contributed by atoms with van der Waals surface area (Å²) in [5.74, 6) is 0.276. The molecular weight excluding hydrogens is 394 g/mol. The number of anilines is 3. The van der Waals surface area contributed by atoms with Gasteiger partial charge >= 0.3 is 5.69 Å². The number of nitrogens with zero attached hydrogens (tertiary/aromatic N) is 3. The molecule has 104 valence electrons. The first-order valence-corrected chi connectivity index (χ1v) is 7.00. The van der Waals surface area contributed by atoms with Crippen molar-refractivity contribution in [1.82, 2.24) is 9.97 Å². The molecule has 0 unspecified atom stereocenters. The number of hydrogen-bond acceptors (Lipinski definition) is 6. The van der Waals surface area contributed by atoms with Gasteiger partial charge in [0.05, 0.1) is 10.6 Å². The highest BCUT2D eigenvalue weighted by Gasteiger charge is 2.22. The van der Waals surface area contributed by atoms with Crippen molar-refractivity contribution in [3.05, 3.63) is 43.6 Å². The number of hydrogen-bond donors (Lipinski definition) is 2. The van der Waals surface area contributed by atoms with Crippen LogP contribution in [0.4, 0.5) is 23.0 Å². The number of aromatic nitrogens is 2. The van der Waals surface area contributed by atoms with Gasteiger partial charge in [0.25, 0.3) is 0 Å². The predicted molar refractivity (Wildman–Crippen MR) is 83.4 cm³/mol. The summed E-state index contributed by atoms with van der Waals surface area (Å²) in [6, 6.07) is 5.42. The van der Waals surface area contributed by atoms with Crippen LogP contribution in [0.1, 0.15) is 0 Å². The van der Waals surface area contributed by atoms with Crippen LogP contribution in [0.3, 0.4) is 0 Å². The van der Waals surface area contributed by atoms with Crippen LogP contribution in [0.5, 0.6) is 0 Å². The molecular formula is C11H9Br2N5O2. The molecule has 2 rings (SSSR count). The highest BCUT2D eigenvalue weighted by atomic mass is 79.9. The number of nitro groups is 1. The van der Waals surface area contributed by atoms with Crippen LogP contribution in [0.25, 0.3) is 0 Å². The van der Waals surface area contributed by atoms with Crippen LogP contribution in [-0.4, -0.2) is 21.9 Å². The van der Waals surface area contributed by atoms with E-state index in [2.05, 4.69) is 52.5 Å². The SMILES string of the molecule is CNc1ncnc(Nc2ccc(Br)cc2Br)c1[N+](=O)[O-]. The Bertz CT molecular complexity index is 665. The molecule has 1 heterocycles. The van der Waals surface area contributed by atoms with E-state index in [9.17, 15) is 10.1 Å². The molecule has 0 radical (unpaired) electrons. The number of halogens is 2. The molecule has 9 heteroatoms. The van der Waals surface area contributed by atoms with Crippen LogP contribution in [-0.2, 0) is 0 Å². The van der Waals surface area contributed by atoms with Crippen molar-refractivity contribution >= 4 is 54.9 Å². The zero-order chi connectivity index (χ0) is 14.7. The Kier molecular flexibility index (Phi) is 4.50. The summed E-state index contributed by atoms with van der Waals surface area (Å²) < 4.78 is 1.65. The molecule has 2 N–H and O–H groups in total. The molecule has 0 saturated carbocycles. The average Bonchev–Trinajstić information content (AvgIpc) is 2.41. The van der Waals surface area contributed by atoms with Gasteiger partial charge in [0.1, 0.15) is 6.33 Å². The van der Waals surface area contributed by atoms with Gasteiger partial charge in [-0.15, -0.1) is 0 Å². The first-order valence-electron chi connectivity index (χ1n) is 5.42. The third-order valence-electron chi connectivity index (χ3n) is 2.43. The summed E-state index contributed by atoms with van der Waals surface area (Å²) in [5.41, 5.74) is 0.460. The van der Waals surface area contributed by atoms with Gasteiger partial charge in [-0.2, -0.15) is 0 Å². The normalized spacial score (nSPS) is 10.2. The largest absolute Gasteiger partial charge is 0.367 e. The minimum absolute atomic E-state index is 0.123. The van der Waals surface area contributed by atoms with E-state index < -0.39 is 4.92 Å². The third-order valence-corrected chi connectivity index (χ3v) is 3.58. The lowest BCUT2D eigenvalue weighted by molar-refractivity contribution is -0.383. The molecule has 20 heavy (non-hydrogen) atoms. The summed E-state index contributed by atoms with van der Waals surface area (Å²) in [5, 5.41) is 16.8. The van der Waals surface area contributed by atoms with Gasteiger partial charge in [0.2, 0.25) is 11.6 Å². The molecule has 0 atom stereocenters. The van der Waals surface area contributed by atoms with E-state index in [-0.39, 0.29) is 17.3 Å². The highest BCUT2D eigenvalue weighted by molar-refractivity contribution is 9.11. The van der Waals surface area contributed by atoms with E-state index in [1.165, 1.54) is 6.33 Å². The first-order chi connectivity index (χ1) is 9.52. The lowest BCUT2D eigenvalue weighted by Gasteiger charge is -2.09. The van der Waals surface area contributed by atoms with Gasteiger partial charge in [-0.25, -0.2) is 9.97 Å². The van der Waals surface area contributed by atoms with E-state index in [0.29, 0.717) is 5.69 Å². The smallest absolute Gasteiger partial charge is 0.353 e. The Hall–Kier alpha value is -1.74. The van der Waals surface area contributed by atoms with E-state index in [1.54, 1.807) is 13.1 Å². The molecule has 0 bridgehead atoms. The van der Waals surface area contributed by atoms with Gasteiger partial charge in [-0.3, -0.25) is 10.1 Å². The minimum atomic E-state index is -0.527. The van der Waals surface area contributed by atoms with Crippen LogP contribution < -0.4 is 10.6 Å². The van der Waals surface area contributed by atoms with E-state index in [0.717, 1.165) is 8.95 Å². The molecule has 1 aromatic carbocycles. The second-order valence-electron chi connectivity index (χ2n) is 3.68. The predicted octanol–water partition coefficient (Wildman–Crippen LogP) is 3.70. The second-order valence-corrected chi connectivity index (χ2v) is 5.45. The van der Waals surface area contributed by atoms with Crippen molar-refractivity contribution in [2.75, 3.05) is 17.7 Å². The number of benzene rings is 1. The monoisotopic (exact) mass is 401 g/mol. The maximum atomic E-state index is 11.2. The van der Waals surface area contributed by atoms with Crippen molar-refractivity contribution in [3.8, 4) is 0 Å². The molecule has 0 aliphatic heterocycles. The minimum Gasteiger partial charge on any atom is -0.367 e. The standard InChI is InChI=1S/C11H9Br2N5O2/c1-14-10-9(18(19)20)11(16-5-15-10)17-8-3-2-6(12)4-7(8)13/h2-5H,1H3,(H2,14,15,16,17). The molecule has 1 aromatic heterocycles. The third kappa shape index (κ3) is 3.05. The summed E-state index contributed by atoms with van der Waals surface area (Å²) >= 11 is 6.72. The van der Waals surface area contributed by atoms with Gasteiger partial charge < -0.3 is 10.6 Å². The van der Waals surface area contributed by atoms with Crippen molar-refractivity contribution in [2.45, 2.75) is 0 Å². The van der Waals surface area contributed by atoms with Crippen LogP contribution in [0.15, 0.2) is 33.5 Å². The molecule has 0 spiro atoms. The van der Waals surface area contributed by atoms with Gasteiger partial charge in [0.15, 0.2) is 0 Å². The fourth-order valence-electron chi connectivity index (χ4n) is 1.54. The molecule has 0 fully saturated rings. The lowest BCUT2D eigenvalue weighted by Crippen LogP contribution is -2.05. The lowest BCUT2D eigenvalue weighted by atomic mass is 10.3. The van der Waals surface area contributed by atoms with E-state index in [1.807, 2.05) is 12.1 Å². The molecule has 0 saturated heterocycles. The molecule has 0 amide bonds. The molecule has 0 aliphatic rings. The van der Waals surface area contributed by atoms with Crippen molar-refractivity contribution in [3.63, 3.8) is 0 Å². The van der Waals surface area contributed by atoms with Crippen LogP contribution >= 0.6 is 31.9 Å². The Morgan fingerprint density at radius 1 is 1.25 bits per heavy atom. The second kappa shape index (κ2) is 6.14. The van der Waals surface area contributed by atoms with Crippen molar-refractivity contribution < 1.29 is 4.92 Å². The quantitative estimate of drug-likeness (QED) is 0.598. The fraction of sp³-hybridized carbons (Fsp3) is 0.0909. The zero-order valence-electron chi connectivity index (χ0n) is 10.2. The zero-order valence-corrected chi connectivity index (χ0v) is 13.4. The van der Waals surface area contributed by atoms with Crippen LogP contribution in [0, 0.1) is 10.1 Å². The Morgan fingerprint density at radius 3 is 2.55 bits per heavy atom. The van der Waals surface area contributed by atoms with Crippen molar-refractivity contribution in [2.24, 2.45) is 0 Å². The Morgan fingerprint density at radius 2 is 1.95 bits per heavy atom. The molecule has 0 aliphatic carbocycles. The maximum absolute atomic E-state index is 11.2. The Labute approximate surface area is 131 Å². The van der Waals surface area contributed by atoms with E-state index >= 15 is 0 Å². The summed E-state index contributed by atoms with van der Waals surface area (Å²) in [7, 11) is 1.56. The first kappa shape index (κ1) is 14.7. The summed E-state index contributed by atoms with van der Waals surface area (Å²) in [4.78, 5) is 18.4. The highest BCUT2D eigenvalue weighted by Crippen LogP contribution is 2.34. The summed E-state index contributed by atoms with van der Waals surface area (Å²) in [6.45, 7) is 0. The average molecular weight is 403 g/mol. The van der Waals surface area contributed by atoms with Crippen LogP contribution in [0.2, 0.25) is 0 Å². The van der Waals surface area contributed by atoms with Gasteiger partial charge in [-0.1, -0.05) is 15.9 Å². The number of nitrogens with one attached hydrogen (secondary N) is 2. The molecule has 2 aromatic rings. The maximum Gasteiger partial charge on any atom is 0.353 e. The van der Waals surface area contributed by atoms with Crippen molar-refractivity contribution in [1.29, 1.82) is 0 Å². The van der Waals surface area contributed by atoms with Gasteiger partial charge in [-0.05, 0) is 34.1 Å².